The number of hydrogen-bond acceptors (Lipinski definition) is 4. The van der Waals surface area contributed by atoms with E-state index in [9.17, 15) is 0 Å². The van der Waals surface area contributed by atoms with Gasteiger partial charge in [0, 0.05) is 31.5 Å². The molecule has 0 amide bonds. The van der Waals surface area contributed by atoms with Crippen molar-refractivity contribution in [2.45, 2.75) is 31.8 Å². The summed E-state index contributed by atoms with van der Waals surface area (Å²) in [6.07, 6.45) is 5.15. The molecule has 1 fully saturated rings. The second kappa shape index (κ2) is 8.12. The number of nitrogens with two attached hydrogens (primary N) is 1. The SMILES string of the molecule is CN(CCCOc1cccc(N)c1)CC1CCCCO1. The Morgan fingerprint density at radius 2 is 2.30 bits per heavy atom. The van der Waals surface area contributed by atoms with Gasteiger partial charge < -0.3 is 20.1 Å². The predicted octanol–water partition coefficient (Wildman–Crippen LogP) is 2.54. The zero-order valence-corrected chi connectivity index (χ0v) is 12.4. The summed E-state index contributed by atoms with van der Waals surface area (Å²) in [5, 5.41) is 0. The highest BCUT2D eigenvalue weighted by Crippen LogP contribution is 2.15. The number of benzene rings is 1. The maximum Gasteiger partial charge on any atom is 0.121 e. The van der Waals surface area contributed by atoms with Gasteiger partial charge in [0.05, 0.1) is 12.7 Å². The average Bonchev–Trinajstić information content (AvgIpc) is 2.45. The van der Waals surface area contributed by atoms with Crippen LogP contribution in [0.5, 0.6) is 5.75 Å². The van der Waals surface area contributed by atoms with E-state index in [2.05, 4.69) is 11.9 Å². The molecule has 1 saturated heterocycles. The summed E-state index contributed by atoms with van der Waals surface area (Å²) in [5.74, 6) is 0.850. The largest absolute Gasteiger partial charge is 0.493 e. The first-order valence-electron chi connectivity index (χ1n) is 7.52. The third-order valence-electron chi connectivity index (χ3n) is 3.60. The van der Waals surface area contributed by atoms with Crippen molar-refractivity contribution in [3.05, 3.63) is 24.3 Å². The molecule has 1 unspecified atom stereocenters. The first-order valence-corrected chi connectivity index (χ1v) is 7.52. The number of rotatable bonds is 7. The molecular formula is C16H26N2O2. The average molecular weight is 278 g/mol. The highest BCUT2D eigenvalue weighted by atomic mass is 16.5. The Bertz CT molecular complexity index is 392. The first-order chi connectivity index (χ1) is 9.74. The molecule has 4 nitrogen and oxygen atoms in total. The summed E-state index contributed by atoms with van der Waals surface area (Å²) in [7, 11) is 2.15. The number of anilines is 1. The van der Waals surface area contributed by atoms with Crippen LogP contribution < -0.4 is 10.5 Å². The molecule has 1 atom stereocenters. The molecule has 0 aromatic heterocycles. The second-order valence-electron chi connectivity index (χ2n) is 5.53. The van der Waals surface area contributed by atoms with Gasteiger partial charge in [0.2, 0.25) is 0 Å². The summed E-state index contributed by atoms with van der Waals surface area (Å²) in [6.45, 7) is 3.71. The minimum absolute atomic E-state index is 0.420. The van der Waals surface area contributed by atoms with Crippen LogP contribution in [0.1, 0.15) is 25.7 Å². The number of likely N-dealkylation sites (N-methyl/N-ethyl adjacent to an activating group) is 1. The van der Waals surface area contributed by atoms with Crippen molar-refractivity contribution < 1.29 is 9.47 Å². The Balaban J connectivity index is 1.58. The third-order valence-corrected chi connectivity index (χ3v) is 3.60. The van der Waals surface area contributed by atoms with Crippen LogP contribution in [0.15, 0.2) is 24.3 Å². The molecule has 0 saturated carbocycles. The lowest BCUT2D eigenvalue weighted by atomic mass is 10.1. The summed E-state index contributed by atoms with van der Waals surface area (Å²) in [4.78, 5) is 2.33. The monoisotopic (exact) mass is 278 g/mol. The van der Waals surface area contributed by atoms with Gasteiger partial charge in [0.25, 0.3) is 0 Å². The Morgan fingerprint density at radius 3 is 3.05 bits per heavy atom. The van der Waals surface area contributed by atoms with E-state index in [0.717, 1.165) is 44.2 Å². The van der Waals surface area contributed by atoms with Crippen molar-refractivity contribution in [3.8, 4) is 5.75 Å². The van der Waals surface area contributed by atoms with E-state index in [-0.39, 0.29) is 0 Å². The van der Waals surface area contributed by atoms with E-state index < -0.39 is 0 Å². The van der Waals surface area contributed by atoms with Gasteiger partial charge in [-0.1, -0.05) is 6.07 Å². The third kappa shape index (κ3) is 5.39. The van der Waals surface area contributed by atoms with Gasteiger partial charge in [-0.2, -0.15) is 0 Å². The van der Waals surface area contributed by atoms with Crippen LogP contribution >= 0.6 is 0 Å². The summed E-state index contributed by atoms with van der Waals surface area (Å²) in [6, 6.07) is 7.58. The minimum atomic E-state index is 0.420. The van der Waals surface area contributed by atoms with E-state index in [4.69, 9.17) is 15.2 Å². The van der Waals surface area contributed by atoms with Crippen LogP contribution in [-0.2, 0) is 4.74 Å². The quantitative estimate of drug-likeness (QED) is 0.615. The zero-order valence-electron chi connectivity index (χ0n) is 12.4. The molecule has 112 valence electrons. The highest BCUT2D eigenvalue weighted by molar-refractivity contribution is 5.43. The Hall–Kier alpha value is -1.26. The fourth-order valence-electron chi connectivity index (χ4n) is 2.52. The number of hydrogen-bond donors (Lipinski definition) is 1. The second-order valence-corrected chi connectivity index (χ2v) is 5.53. The van der Waals surface area contributed by atoms with Crippen molar-refractivity contribution >= 4 is 5.69 Å². The molecule has 2 rings (SSSR count). The van der Waals surface area contributed by atoms with Crippen molar-refractivity contribution in [3.63, 3.8) is 0 Å². The minimum Gasteiger partial charge on any atom is -0.493 e. The van der Waals surface area contributed by atoms with Crippen molar-refractivity contribution in [2.75, 3.05) is 39.1 Å². The fraction of sp³-hybridized carbons (Fsp3) is 0.625. The maximum absolute atomic E-state index is 5.75. The Morgan fingerprint density at radius 1 is 1.40 bits per heavy atom. The predicted molar refractivity (Wildman–Crippen MR) is 82.1 cm³/mol. The van der Waals surface area contributed by atoms with E-state index >= 15 is 0 Å². The molecular weight excluding hydrogens is 252 g/mol. The van der Waals surface area contributed by atoms with Crippen molar-refractivity contribution in [2.24, 2.45) is 0 Å². The van der Waals surface area contributed by atoms with E-state index in [1.165, 1.54) is 19.3 Å². The Kier molecular flexibility index (Phi) is 6.15. The normalized spacial score (nSPS) is 19.2. The number of nitrogen functional groups attached to an aromatic ring is 1. The van der Waals surface area contributed by atoms with E-state index in [1.54, 1.807) is 0 Å². The van der Waals surface area contributed by atoms with Crippen LogP contribution in [0, 0.1) is 0 Å². The van der Waals surface area contributed by atoms with Gasteiger partial charge in [-0.05, 0) is 44.9 Å². The first kappa shape index (κ1) is 15.1. The number of nitrogens with zero attached hydrogens (tertiary/aromatic N) is 1. The van der Waals surface area contributed by atoms with Gasteiger partial charge in [-0.25, -0.2) is 0 Å². The molecule has 1 aliphatic rings. The lowest BCUT2D eigenvalue weighted by molar-refractivity contribution is -0.00193. The number of ether oxygens (including phenoxy) is 2. The van der Waals surface area contributed by atoms with Gasteiger partial charge in [0.15, 0.2) is 0 Å². The smallest absolute Gasteiger partial charge is 0.121 e. The van der Waals surface area contributed by atoms with Gasteiger partial charge in [0.1, 0.15) is 5.75 Å². The standard InChI is InChI=1S/C16H26N2O2/c1-18(13-16-7-2-3-10-20-16)9-5-11-19-15-8-4-6-14(17)12-15/h4,6,8,12,16H,2-3,5,7,9-11,13,17H2,1H3. The van der Waals surface area contributed by atoms with Crippen LogP contribution in [-0.4, -0.2) is 44.4 Å². The molecule has 0 spiro atoms. The highest BCUT2D eigenvalue weighted by Gasteiger charge is 2.15. The molecule has 0 aliphatic carbocycles. The summed E-state index contributed by atoms with van der Waals surface area (Å²) >= 11 is 0. The fourth-order valence-corrected chi connectivity index (χ4v) is 2.52. The van der Waals surface area contributed by atoms with Gasteiger partial charge in [-0.3, -0.25) is 0 Å². The summed E-state index contributed by atoms with van der Waals surface area (Å²) < 4.78 is 11.4. The molecule has 1 aromatic carbocycles. The molecule has 0 radical (unpaired) electrons. The molecule has 1 aromatic rings. The zero-order chi connectivity index (χ0) is 14.2. The molecule has 0 bridgehead atoms. The van der Waals surface area contributed by atoms with Crippen LogP contribution in [0.2, 0.25) is 0 Å². The van der Waals surface area contributed by atoms with Crippen LogP contribution in [0.3, 0.4) is 0 Å². The lowest BCUT2D eigenvalue weighted by Crippen LogP contribution is -2.34. The molecule has 4 heteroatoms. The lowest BCUT2D eigenvalue weighted by Gasteiger charge is -2.27. The molecule has 2 N–H and O–H groups in total. The molecule has 20 heavy (non-hydrogen) atoms. The topological polar surface area (TPSA) is 47.7 Å². The molecule has 1 heterocycles. The molecule has 1 aliphatic heterocycles. The maximum atomic E-state index is 5.75. The van der Waals surface area contributed by atoms with E-state index in [1.807, 2.05) is 24.3 Å². The van der Waals surface area contributed by atoms with Gasteiger partial charge >= 0.3 is 0 Å². The van der Waals surface area contributed by atoms with Crippen molar-refractivity contribution in [1.29, 1.82) is 0 Å². The van der Waals surface area contributed by atoms with Gasteiger partial charge in [-0.15, -0.1) is 0 Å². The van der Waals surface area contributed by atoms with Crippen molar-refractivity contribution in [1.82, 2.24) is 4.90 Å². The Labute approximate surface area is 121 Å². The van der Waals surface area contributed by atoms with Crippen LogP contribution in [0.25, 0.3) is 0 Å². The summed E-state index contributed by atoms with van der Waals surface area (Å²) in [5.41, 5.74) is 6.46. The van der Waals surface area contributed by atoms with Crippen LogP contribution in [0.4, 0.5) is 5.69 Å². The van der Waals surface area contributed by atoms with E-state index in [0.29, 0.717) is 6.10 Å².